The van der Waals surface area contributed by atoms with Crippen LogP contribution < -0.4 is 14.4 Å². The molecule has 0 aliphatic carbocycles. The minimum atomic E-state index is -4.07. The molecule has 1 N–H and O–H groups in total. The van der Waals surface area contributed by atoms with E-state index in [0.717, 1.165) is 22.9 Å². The second-order valence-electron chi connectivity index (χ2n) is 7.67. The maximum Gasteiger partial charge on any atom is 0.271 e. The normalized spacial score (nSPS) is 13.6. The van der Waals surface area contributed by atoms with Crippen LogP contribution >= 0.6 is 0 Å². The molecule has 0 aromatic heterocycles. The summed E-state index contributed by atoms with van der Waals surface area (Å²) in [6, 6.07) is 7.62. The van der Waals surface area contributed by atoms with Gasteiger partial charge in [-0.15, -0.1) is 0 Å². The van der Waals surface area contributed by atoms with E-state index in [-0.39, 0.29) is 28.4 Å². The minimum Gasteiger partial charge on any atom is -0.495 e. The van der Waals surface area contributed by atoms with E-state index in [1.54, 1.807) is 26.0 Å². The van der Waals surface area contributed by atoms with E-state index in [2.05, 4.69) is 5.32 Å². The SMILES string of the molecule is CC[C@H](C(=O)N[C@@H](C)c1ccc(S(C)(=O)=O)cc1)N(c1cc([N+](=O)[O-])ccc1OC)S(C)(=O)=O. The van der Waals surface area contributed by atoms with Crippen molar-refractivity contribution in [2.24, 2.45) is 0 Å². The Labute approximate surface area is 198 Å². The Balaban J connectivity index is 2.44. The van der Waals surface area contributed by atoms with Crippen molar-refractivity contribution in [1.82, 2.24) is 5.32 Å². The van der Waals surface area contributed by atoms with Gasteiger partial charge in [-0.25, -0.2) is 16.8 Å². The number of ether oxygens (including phenoxy) is 1. The molecule has 0 fully saturated rings. The van der Waals surface area contributed by atoms with Gasteiger partial charge in [0.2, 0.25) is 15.9 Å². The van der Waals surface area contributed by atoms with E-state index in [1.165, 1.54) is 31.4 Å². The highest BCUT2D eigenvalue weighted by Gasteiger charge is 2.35. The molecule has 2 atom stereocenters. The molecule has 34 heavy (non-hydrogen) atoms. The van der Waals surface area contributed by atoms with Gasteiger partial charge < -0.3 is 10.1 Å². The lowest BCUT2D eigenvalue weighted by molar-refractivity contribution is -0.384. The van der Waals surface area contributed by atoms with Crippen LogP contribution in [0.5, 0.6) is 5.75 Å². The number of nitro benzene ring substituents is 1. The molecular formula is C21H27N3O8S2. The number of anilines is 1. The lowest BCUT2D eigenvalue weighted by atomic mass is 10.1. The largest absolute Gasteiger partial charge is 0.495 e. The molecule has 0 saturated heterocycles. The minimum absolute atomic E-state index is 0.0479. The predicted molar refractivity (Wildman–Crippen MR) is 127 cm³/mol. The lowest BCUT2D eigenvalue weighted by Gasteiger charge is -2.31. The number of nitrogens with zero attached hydrogens (tertiary/aromatic N) is 2. The standard InChI is InChI=1S/C21H27N3O8S2/c1-6-18(21(25)22-14(2)15-7-10-17(11-8-15)33(4,28)29)23(34(5,30)31)19-13-16(24(26)27)9-12-20(19)32-3/h7-14,18H,6H2,1-5H3,(H,22,25)/t14-,18+/m0/s1. The molecule has 186 valence electrons. The quantitative estimate of drug-likeness (QED) is 0.375. The number of methoxy groups -OCH3 is 1. The van der Waals surface area contributed by atoms with Crippen molar-refractivity contribution in [2.45, 2.75) is 37.2 Å². The smallest absolute Gasteiger partial charge is 0.271 e. The van der Waals surface area contributed by atoms with Gasteiger partial charge in [0, 0.05) is 18.4 Å². The molecule has 1 amide bonds. The Kier molecular flexibility index (Phi) is 8.26. The van der Waals surface area contributed by atoms with Crippen LogP contribution in [0.25, 0.3) is 0 Å². The number of amides is 1. The molecule has 2 aromatic carbocycles. The Morgan fingerprint density at radius 3 is 2.15 bits per heavy atom. The number of non-ortho nitro benzene ring substituents is 1. The van der Waals surface area contributed by atoms with Crippen LogP contribution in [-0.2, 0) is 24.7 Å². The number of rotatable bonds is 10. The molecule has 2 aromatic rings. The zero-order chi connectivity index (χ0) is 25.8. The Hall–Kier alpha value is -3.19. The zero-order valence-electron chi connectivity index (χ0n) is 19.4. The second kappa shape index (κ2) is 10.4. The van der Waals surface area contributed by atoms with Crippen LogP contribution in [0.3, 0.4) is 0 Å². The third-order valence-corrected chi connectivity index (χ3v) is 7.40. The first-order chi connectivity index (χ1) is 15.7. The number of nitrogens with one attached hydrogen (secondary N) is 1. The van der Waals surface area contributed by atoms with E-state index in [1.807, 2.05) is 0 Å². The number of carbonyl (C=O) groups excluding carboxylic acids is 1. The van der Waals surface area contributed by atoms with Crippen LogP contribution in [0.2, 0.25) is 0 Å². The molecule has 0 bridgehead atoms. The number of nitro groups is 1. The summed E-state index contributed by atoms with van der Waals surface area (Å²) in [6.07, 6.45) is 2.04. The zero-order valence-corrected chi connectivity index (χ0v) is 21.0. The summed E-state index contributed by atoms with van der Waals surface area (Å²) in [5.74, 6) is -0.590. The summed E-state index contributed by atoms with van der Waals surface area (Å²) in [6.45, 7) is 3.27. The lowest BCUT2D eigenvalue weighted by Crippen LogP contribution is -2.49. The summed E-state index contributed by atoms with van der Waals surface area (Å²) < 4.78 is 54.8. The van der Waals surface area contributed by atoms with Crippen LogP contribution in [0.4, 0.5) is 11.4 Å². The number of carbonyl (C=O) groups is 1. The Morgan fingerprint density at radius 1 is 1.12 bits per heavy atom. The third-order valence-electron chi connectivity index (χ3n) is 5.11. The van der Waals surface area contributed by atoms with Gasteiger partial charge in [0.05, 0.1) is 29.2 Å². The number of sulfone groups is 1. The summed E-state index contributed by atoms with van der Waals surface area (Å²) in [5, 5.41) is 14.0. The van der Waals surface area contributed by atoms with Gasteiger partial charge in [-0.1, -0.05) is 19.1 Å². The van der Waals surface area contributed by atoms with Gasteiger partial charge in [0.15, 0.2) is 9.84 Å². The molecular weight excluding hydrogens is 486 g/mol. The number of hydrogen-bond acceptors (Lipinski definition) is 8. The van der Waals surface area contributed by atoms with Crippen molar-refractivity contribution in [3.63, 3.8) is 0 Å². The molecule has 0 saturated carbocycles. The Bertz CT molecular complexity index is 1280. The number of benzene rings is 2. The highest BCUT2D eigenvalue weighted by molar-refractivity contribution is 7.92. The van der Waals surface area contributed by atoms with Crippen molar-refractivity contribution >= 4 is 37.1 Å². The highest BCUT2D eigenvalue weighted by atomic mass is 32.2. The summed E-state index contributed by atoms with van der Waals surface area (Å²) in [5.41, 5.74) is 0.111. The second-order valence-corrected chi connectivity index (χ2v) is 11.5. The van der Waals surface area contributed by atoms with Gasteiger partial charge in [0.1, 0.15) is 17.5 Å². The average molecular weight is 514 g/mol. The first kappa shape index (κ1) is 27.1. The van der Waals surface area contributed by atoms with Crippen molar-refractivity contribution in [1.29, 1.82) is 0 Å². The van der Waals surface area contributed by atoms with Gasteiger partial charge in [-0.2, -0.15) is 0 Å². The average Bonchev–Trinajstić information content (AvgIpc) is 2.75. The van der Waals surface area contributed by atoms with Crippen molar-refractivity contribution in [2.75, 3.05) is 23.9 Å². The molecule has 2 rings (SSSR count). The molecule has 0 unspecified atom stereocenters. The predicted octanol–water partition coefficient (Wildman–Crippen LogP) is 2.43. The molecule has 11 nitrogen and oxygen atoms in total. The van der Waals surface area contributed by atoms with E-state index < -0.39 is 42.8 Å². The van der Waals surface area contributed by atoms with E-state index >= 15 is 0 Å². The first-order valence-electron chi connectivity index (χ1n) is 10.1. The van der Waals surface area contributed by atoms with Gasteiger partial charge in [-0.3, -0.25) is 19.2 Å². The van der Waals surface area contributed by atoms with Gasteiger partial charge >= 0.3 is 0 Å². The maximum absolute atomic E-state index is 13.2. The van der Waals surface area contributed by atoms with Crippen molar-refractivity contribution in [3.05, 3.63) is 58.1 Å². The molecule has 0 heterocycles. The topological polar surface area (TPSA) is 153 Å². The van der Waals surface area contributed by atoms with Gasteiger partial charge in [-0.05, 0) is 37.1 Å². The van der Waals surface area contributed by atoms with Crippen molar-refractivity contribution < 1.29 is 31.3 Å². The van der Waals surface area contributed by atoms with E-state index in [9.17, 15) is 31.7 Å². The molecule has 0 radical (unpaired) electrons. The van der Waals surface area contributed by atoms with Crippen LogP contribution in [0, 0.1) is 10.1 Å². The summed E-state index contributed by atoms with van der Waals surface area (Å²) in [7, 11) is -6.16. The van der Waals surface area contributed by atoms with Crippen LogP contribution in [0.1, 0.15) is 31.9 Å². The highest BCUT2D eigenvalue weighted by Crippen LogP contribution is 2.35. The first-order valence-corrected chi connectivity index (χ1v) is 13.9. The van der Waals surface area contributed by atoms with Crippen LogP contribution in [-0.4, -0.2) is 53.3 Å². The van der Waals surface area contributed by atoms with Gasteiger partial charge in [0.25, 0.3) is 5.69 Å². The summed E-state index contributed by atoms with van der Waals surface area (Å²) in [4.78, 5) is 23.9. The van der Waals surface area contributed by atoms with E-state index in [0.29, 0.717) is 5.56 Å². The molecule has 0 spiro atoms. The van der Waals surface area contributed by atoms with Crippen LogP contribution in [0.15, 0.2) is 47.4 Å². The summed E-state index contributed by atoms with van der Waals surface area (Å²) >= 11 is 0. The Morgan fingerprint density at radius 2 is 1.71 bits per heavy atom. The molecule has 0 aliphatic heterocycles. The fraction of sp³-hybridized carbons (Fsp3) is 0.381. The molecule has 0 aliphatic rings. The van der Waals surface area contributed by atoms with Crippen molar-refractivity contribution in [3.8, 4) is 5.75 Å². The number of sulfonamides is 1. The maximum atomic E-state index is 13.2. The third kappa shape index (κ3) is 6.23. The fourth-order valence-corrected chi connectivity index (χ4v) is 5.23. The fourth-order valence-electron chi connectivity index (χ4n) is 3.40. The number of hydrogen-bond donors (Lipinski definition) is 1. The monoisotopic (exact) mass is 513 g/mol. The molecule has 13 heteroatoms. The van der Waals surface area contributed by atoms with E-state index in [4.69, 9.17) is 4.74 Å².